The van der Waals surface area contributed by atoms with Gasteiger partial charge in [-0.15, -0.1) is 0 Å². The van der Waals surface area contributed by atoms with E-state index < -0.39 is 5.97 Å². The van der Waals surface area contributed by atoms with Crippen LogP contribution in [0.25, 0.3) is 0 Å². The maximum atomic E-state index is 11.0. The topological polar surface area (TPSA) is 58.6 Å². The molecular weight excluding hydrogens is 346 g/mol. The molecule has 0 aliphatic rings. The summed E-state index contributed by atoms with van der Waals surface area (Å²) < 4.78 is 6.72. The fourth-order valence-corrected chi connectivity index (χ4v) is 2.41. The number of carbonyl (C=O) groups is 1. The summed E-state index contributed by atoms with van der Waals surface area (Å²) >= 11 is 3.46. The molecule has 22 heavy (non-hydrogen) atoms. The largest absolute Gasteiger partial charge is 0.493 e. The van der Waals surface area contributed by atoms with Crippen LogP contribution in [-0.2, 0) is 6.54 Å². The molecule has 2 N–H and O–H groups in total. The molecule has 0 saturated heterocycles. The van der Waals surface area contributed by atoms with Crippen LogP contribution in [0.4, 0.5) is 5.69 Å². The molecule has 0 unspecified atom stereocenters. The number of rotatable bonds is 7. The van der Waals surface area contributed by atoms with Crippen molar-refractivity contribution in [1.82, 2.24) is 0 Å². The van der Waals surface area contributed by atoms with Gasteiger partial charge in [-0.2, -0.15) is 0 Å². The summed E-state index contributed by atoms with van der Waals surface area (Å²) in [7, 11) is 0. The molecule has 0 radical (unpaired) electrons. The van der Waals surface area contributed by atoms with Crippen LogP contribution in [0.1, 0.15) is 29.3 Å². The Labute approximate surface area is 138 Å². The SMILES string of the molecule is CCCOc1ccc(Br)cc1CNc1cccc(C(=O)O)c1. The molecular formula is C17H18BrNO3. The zero-order chi connectivity index (χ0) is 15.9. The normalized spacial score (nSPS) is 10.3. The van der Waals surface area contributed by atoms with Crippen molar-refractivity contribution in [2.75, 3.05) is 11.9 Å². The third-order valence-corrected chi connectivity index (χ3v) is 3.57. The minimum atomic E-state index is -0.932. The Balaban J connectivity index is 2.12. The van der Waals surface area contributed by atoms with E-state index in [9.17, 15) is 4.79 Å². The van der Waals surface area contributed by atoms with Crippen LogP contribution in [0.3, 0.4) is 0 Å². The number of aromatic carboxylic acids is 1. The summed E-state index contributed by atoms with van der Waals surface area (Å²) in [6.45, 7) is 3.29. The Morgan fingerprint density at radius 2 is 2.09 bits per heavy atom. The van der Waals surface area contributed by atoms with Crippen LogP contribution in [0.5, 0.6) is 5.75 Å². The van der Waals surface area contributed by atoms with Gasteiger partial charge in [0, 0.05) is 22.3 Å². The van der Waals surface area contributed by atoms with E-state index in [1.54, 1.807) is 18.2 Å². The lowest BCUT2D eigenvalue weighted by molar-refractivity contribution is 0.0697. The van der Waals surface area contributed by atoms with Crippen molar-refractivity contribution < 1.29 is 14.6 Å². The molecule has 4 nitrogen and oxygen atoms in total. The predicted molar refractivity (Wildman–Crippen MR) is 90.7 cm³/mol. The first-order chi connectivity index (χ1) is 10.6. The van der Waals surface area contributed by atoms with Crippen LogP contribution in [0, 0.1) is 0 Å². The van der Waals surface area contributed by atoms with Crippen LogP contribution < -0.4 is 10.1 Å². The van der Waals surface area contributed by atoms with Crippen molar-refractivity contribution in [3.63, 3.8) is 0 Å². The quantitative estimate of drug-likeness (QED) is 0.757. The first-order valence-corrected chi connectivity index (χ1v) is 7.88. The predicted octanol–water partition coefficient (Wildman–Crippen LogP) is 4.55. The van der Waals surface area contributed by atoms with E-state index in [0.29, 0.717) is 13.2 Å². The molecule has 2 aromatic rings. The number of benzene rings is 2. The molecule has 0 atom stereocenters. The highest BCUT2D eigenvalue weighted by atomic mass is 79.9. The van der Waals surface area contributed by atoms with E-state index in [2.05, 4.69) is 28.2 Å². The molecule has 0 aliphatic carbocycles. The monoisotopic (exact) mass is 363 g/mol. The van der Waals surface area contributed by atoms with Crippen LogP contribution in [0.2, 0.25) is 0 Å². The highest BCUT2D eigenvalue weighted by Crippen LogP contribution is 2.24. The third-order valence-electron chi connectivity index (χ3n) is 3.08. The fraction of sp³-hybridized carbons (Fsp3) is 0.235. The number of halogens is 1. The summed E-state index contributed by atoms with van der Waals surface area (Å²) in [6, 6.07) is 12.6. The van der Waals surface area contributed by atoms with Gasteiger partial charge in [0.1, 0.15) is 5.75 Å². The fourth-order valence-electron chi connectivity index (χ4n) is 2.00. The van der Waals surface area contributed by atoms with E-state index in [-0.39, 0.29) is 5.56 Å². The van der Waals surface area contributed by atoms with Gasteiger partial charge in [0.05, 0.1) is 12.2 Å². The third kappa shape index (κ3) is 4.49. The lowest BCUT2D eigenvalue weighted by Crippen LogP contribution is -2.05. The molecule has 116 valence electrons. The van der Waals surface area contributed by atoms with Crippen molar-refractivity contribution >= 4 is 27.6 Å². The Morgan fingerprint density at radius 1 is 1.27 bits per heavy atom. The van der Waals surface area contributed by atoms with Gasteiger partial charge in [0.15, 0.2) is 0 Å². The lowest BCUT2D eigenvalue weighted by Gasteiger charge is -2.13. The minimum Gasteiger partial charge on any atom is -0.493 e. The van der Waals surface area contributed by atoms with Crippen LogP contribution >= 0.6 is 15.9 Å². The van der Waals surface area contributed by atoms with Gasteiger partial charge >= 0.3 is 5.97 Å². The Hall–Kier alpha value is -2.01. The molecule has 2 rings (SSSR count). The first-order valence-electron chi connectivity index (χ1n) is 7.08. The molecule has 2 aromatic carbocycles. The summed E-state index contributed by atoms with van der Waals surface area (Å²) in [5.74, 6) is -0.0926. The standard InChI is InChI=1S/C17H18BrNO3/c1-2-8-22-16-7-6-14(18)9-13(16)11-19-15-5-3-4-12(10-15)17(20)21/h3-7,9-10,19H,2,8,11H2,1H3,(H,20,21). The second-order valence-electron chi connectivity index (χ2n) is 4.84. The first kappa shape index (κ1) is 16.4. The lowest BCUT2D eigenvalue weighted by atomic mass is 10.1. The van der Waals surface area contributed by atoms with Gasteiger partial charge in [-0.25, -0.2) is 4.79 Å². The molecule has 0 saturated carbocycles. The van der Waals surface area contributed by atoms with E-state index in [4.69, 9.17) is 9.84 Å². The van der Waals surface area contributed by atoms with Crippen molar-refractivity contribution in [2.24, 2.45) is 0 Å². The molecule has 0 heterocycles. The van der Waals surface area contributed by atoms with Crippen molar-refractivity contribution in [1.29, 1.82) is 0 Å². The molecule has 0 bridgehead atoms. The Bertz CT molecular complexity index is 658. The average molecular weight is 364 g/mol. The zero-order valence-corrected chi connectivity index (χ0v) is 13.9. The Morgan fingerprint density at radius 3 is 2.82 bits per heavy atom. The number of hydrogen-bond acceptors (Lipinski definition) is 3. The van der Waals surface area contributed by atoms with E-state index in [1.165, 1.54) is 0 Å². The highest BCUT2D eigenvalue weighted by Gasteiger charge is 2.06. The van der Waals surface area contributed by atoms with E-state index in [0.717, 1.165) is 27.9 Å². The van der Waals surface area contributed by atoms with Gasteiger partial charge in [-0.05, 0) is 42.8 Å². The molecule has 0 amide bonds. The van der Waals surface area contributed by atoms with Crippen LogP contribution in [0.15, 0.2) is 46.9 Å². The van der Waals surface area contributed by atoms with Gasteiger partial charge in [-0.1, -0.05) is 28.9 Å². The molecule has 0 spiro atoms. The molecule has 0 aliphatic heterocycles. The number of nitrogens with one attached hydrogen (secondary N) is 1. The van der Waals surface area contributed by atoms with Gasteiger partial charge < -0.3 is 15.2 Å². The second-order valence-corrected chi connectivity index (χ2v) is 5.76. The van der Waals surface area contributed by atoms with Gasteiger partial charge in [0.25, 0.3) is 0 Å². The summed E-state index contributed by atoms with van der Waals surface area (Å²) in [4.78, 5) is 11.0. The van der Waals surface area contributed by atoms with Crippen molar-refractivity contribution in [3.05, 3.63) is 58.1 Å². The Kier molecular flexibility index (Phi) is 5.83. The van der Waals surface area contributed by atoms with Gasteiger partial charge in [0.2, 0.25) is 0 Å². The molecule has 0 fully saturated rings. The second kappa shape index (κ2) is 7.84. The number of carboxylic acid groups (broad SMARTS) is 1. The smallest absolute Gasteiger partial charge is 0.335 e. The summed E-state index contributed by atoms with van der Waals surface area (Å²) in [5.41, 5.74) is 2.05. The van der Waals surface area contributed by atoms with Gasteiger partial charge in [-0.3, -0.25) is 0 Å². The number of carboxylic acids is 1. The maximum Gasteiger partial charge on any atom is 0.335 e. The van der Waals surface area contributed by atoms with Crippen molar-refractivity contribution in [3.8, 4) is 5.75 Å². The van der Waals surface area contributed by atoms with Crippen LogP contribution in [-0.4, -0.2) is 17.7 Å². The van der Waals surface area contributed by atoms with E-state index >= 15 is 0 Å². The molecule has 5 heteroatoms. The highest BCUT2D eigenvalue weighted by molar-refractivity contribution is 9.10. The van der Waals surface area contributed by atoms with E-state index in [1.807, 2.05) is 24.3 Å². The zero-order valence-electron chi connectivity index (χ0n) is 12.3. The number of ether oxygens (including phenoxy) is 1. The van der Waals surface area contributed by atoms with Crippen molar-refractivity contribution in [2.45, 2.75) is 19.9 Å². The minimum absolute atomic E-state index is 0.265. The number of hydrogen-bond donors (Lipinski definition) is 2. The maximum absolute atomic E-state index is 11.0. The molecule has 0 aromatic heterocycles. The average Bonchev–Trinajstić information content (AvgIpc) is 2.52. The summed E-state index contributed by atoms with van der Waals surface area (Å²) in [5, 5.41) is 12.3. The number of anilines is 1. The summed E-state index contributed by atoms with van der Waals surface area (Å²) in [6.07, 6.45) is 0.948.